The van der Waals surface area contributed by atoms with Crippen LogP contribution in [0.5, 0.6) is 0 Å². The van der Waals surface area contributed by atoms with Crippen molar-refractivity contribution in [3.8, 4) is 0 Å². The second-order valence-corrected chi connectivity index (χ2v) is 5.33. The molecule has 0 aromatic heterocycles. The minimum absolute atomic E-state index is 0.124. The summed E-state index contributed by atoms with van der Waals surface area (Å²) in [6.07, 6.45) is 5.23. The molecule has 0 N–H and O–H groups in total. The molecule has 0 spiro atoms. The van der Waals surface area contributed by atoms with Gasteiger partial charge in [0.2, 0.25) is 0 Å². The van der Waals surface area contributed by atoms with Crippen LogP contribution in [0.2, 0.25) is 0 Å². The predicted octanol–water partition coefficient (Wildman–Crippen LogP) is 2.36. The van der Waals surface area contributed by atoms with Crippen LogP contribution in [0.25, 0.3) is 0 Å². The summed E-state index contributed by atoms with van der Waals surface area (Å²) in [6.45, 7) is 4.92. The maximum atomic E-state index is 11.5. The number of nitrogens with zero attached hydrogens (tertiary/aromatic N) is 1. The van der Waals surface area contributed by atoms with Crippen LogP contribution in [0.15, 0.2) is 0 Å². The second-order valence-electron chi connectivity index (χ2n) is 5.33. The Labute approximate surface area is 125 Å². The van der Waals surface area contributed by atoms with Gasteiger partial charge in [0, 0.05) is 25.9 Å². The summed E-state index contributed by atoms with van der Waals surface area (Å²) >= 11 is 0. The van der Waals surface area contributed by atoms with Crippen molar-refractivity contribution in [2.75, 3.05) is 6.61 Å². The van der Waals surface area contributed by atoms with Gasteiger partial charge in [-0.3, -0.25) is 9.59 Å². The van der Waals surface area contributed by atoms with Crippen molar-refractivity contribution < 1.29 is 24.0 Å². The molecule has 0 aromatic carbocycles. The van der Waals surface area contributed by atoms with Gasteiger partial charge >= 0.3 is 5.97 Å². The SMILES string of the molecule is CCCCOC(C)CCCCC(=O)ON1C(=O)CCC1=O. The standard InChI is InChI=1S/C15H25NO5/c1-3-4-11-20-12(2)7-5-6-8-15(19)21-16-13(17)9-10-14(16)18/h12H,3-11H2,1-2H3. The maximum Gasteiger partial charge on any atom is 0.333 e. The maximum absolute atomic E-state index is 11.5. The average Bonchev–Trinajstić information content (AvgIpc) is 2.76. The number of hydrogen-bond acceptors (Lipinski definition) is 5. The van der Waals surface area contributed by atoms with Gasteiger partial charge in [-0.25, -0.2) is 4.79 Å². The lowest BCUT2D eigenvalue weighted by Crippen LogP contribution is -2.31. The van der Waals surface area contributed by atoms with Crippen LogP contribution in [0.4, 0.5) is 0 Å². The lowest BCUT2D eigenvalue weighted by atomic mass is 10.1. The highest BCUT2D eigenvalue weighted by molar-refractivity contribution is 6.01. The summed E-state index contributed by atoms with van der Waals surface area (Å²) in [6, 6.07) is 0. The quantitative estimate of drug-likeness (QED) is 0.457. The van der Waals surface area contributed by atoms with Gasteiger partial charge < -0.3 is 9.57 Å². The van der Waals surface area contributed by atoms with E-state index in [-0.39, 0.29) is 25.4 Å². The second kappa shape index (κ2) is 9.50. The van der Waals surface area contributed by atoms with Gasteiger partial charge in [0.25, 0.3) is 11.8 Å². The highest BCUT2D eigenvalue weighted by atomic mass is 16.7. The highest BCUT2D eigenvalue weighted by Crippen LogP contribution is 2.14. The molecule has 1 heterocycles. The Hall–Kier alpha value is -1.43. The third kappa shape index (κ3) is 6.71. The summed E-state index contributed by atoms with van der Waals surface area (Å²) in [5.41, 5.74) is 0. The number of ether oxygens (including phenoxy) is 1. The lowest BCUT2D eigenvalue weighted by molar-refractivity contribution is -0.197. The molecule has 1 fully saturated rings. The third-order valence-corrected chi connectivity index (χ3v) is 3.34. The Morgan fingerprint density at radius 2 is 1.86 bits per heavy atom. The molecule has 0 aliphatic carbocycles. The first kappa shape index (κ1) is 17.6. The van der Waals surface area contributed by atoms with E-state index in [1.165, 1.54) is 0 Å². The van der Waals surface area contributed by atoms with E-state index in [9.17, 15) is 14.4 Å². The summed E-state index contributed by atoms with van der Waals surface area (Å²) in [7, 11) is 0. The van der Waals surface area contributed by atoms with Crippen LogP contribution in [0.1, 0.15) is 65.2 Å². The fraction of sp³-hybridized carbons (Fsp3) is 0.800. The summed E-state index contributed by atoms with van der Waals surface area (Å²) in [4.78, 5) is 38.9. The molecule has 1 aliphatic rings. The number of carbonyl (C=O) groups is 3. The first-order valence-corrected chi connectivity index (χ1v) is 7.72. The van der Waals surface area contributed by atoms with Crippen molar-refractivity contribution in [2.24, 2.45) is 0 Å². The van der Waals surface area contributed by atoms with Gasteiger partial charge in [0.1, 0.15) is 0 Å². The number of rotatable bonds is 10. The van der Waals surface area contributed by atoms with Crippen molar-refractivity contribution in [2.45, 2.75) is 71.3 Å². The van der Waals surface area contributed by atoms with Gasteiger partial charge in [-0.05, 0) is 26.2 Å². The normalized spacial score (nSPS) is 16.4. The van der Waals surface area contributed by atoms with Crippen molar-refractivity contribution in [1.82, 2.24) is 5.06 Å². The van der Waals surface area contributed by atoms with E-state index in [1.54, 1.807) is 0 Å². The van der Waals surface area contributed by atoms with Gasteiger partial charge in [0.05, 0.1) is 6.10 Å². The number of hydrogen-bond donors (Lipinski definition) is 0. The monoisotopic (exact) mass is 299 g/mol. The molecule has 0 radical (unpaired) electrons. The van der Waals surface area contributed by atoms with Gasteiger partial charge in [0.15, 0.2) is 0 Å². The molecule has 0 saturated carbocycles. The highest BCUT2D eigenvalue weighted by Gasteiger charge is 2.32. The number of amides is 2. The van der Waals surface area contributed by atoms with E-state index < -0.39 is 17.8 Å². The van der Waals surface area contributed by atoms with Crippen molar-refractivity contribution in [1.29, 1.82) is 0 Å². The molecule has 6 heteroatoms. The minimum Gasteiger partial charge on any atom is -0.379 e. The molecule has 2 amide bonds. The molecule has 6 nitrogen and oxygen atoms in total. The summed E-state index contributed by atoms with van der Waals surface area (Å²) in [5.74, 6) is -1.41. The smallest absolute Gasteiger partial charge is 0.333 e. The van der Waals surface area contributed by atoms with E-state index in [0.717, 1.165) is 32.3 Å². The molecule has 1 rings (SSSR count). The van der Waals surface area contributed by atoms with Gasteiger partial charge in [-0.2, -0.15) is 0 Å². The predicted molar refractivity (Wildman–Crippen MR) is 76.0 cm³/mol. The van der Waals surface area contributed by atoms with E-state index in [0.29, 0.717) is 11.5 Å². The topological polar surface area (TPSA) is 72.9 Å². The zero-order chi connectivity index (χ0) is 15.7. The Morgan fingerprint density at radius 1 is 1.19 bits per heavy atom. The Morgan fingerprint density at radius 3 is 2.48 bits per heavy atom. The van der Waals surface area contributed by atoms with Crippen LogP contribution >= 0.6 is 0 Å². The Bertz CT molecular complexity index is 353. The van der Waals surface area contributed by atoms with E-state index in [2.05, 4.69) is 6.92 Å². The minimum atomic E-state index is -0.529. The fourth-order valence-electron chi connectivity index (χ4n) is 2.02. The first-order chi connectivity index (χ1) is 10.0. The van der Waals surface area contributed by atoms with Crippen LogP contribution < -0.4 is 0 Å². The molecule has 1 unspecified atom stereocenters. The van der Waals surface area contributed by atoms with Gasteiger partial charge in [-0.1, -0.05) is 19.8 Å². The summed E-state index contributed by atoms with van der Waals surface area (Å²) < 4.78 is 5.61. The summed E-state index contributed by atoms with van der Waals surface area (Å²) in [5, 5.41) is 0.596. The Kier molecular flexibility index (Phi) is 7.97. The molecular formula is C15H25NO5. The van der Waals surface area contributed by atoms with Crippen LogP contribution in [-0.2, 0) is 24.0 Å². The van der Waals surface area contributed by atoms with Crippen molar-refractivity contribution >= 4 is 17.8 Å². The fourth-order valence-corrected chi connectivity index (χ4v) is 2.02. The molecule has 0 bridgehead atoms. The van der Waals surface area contributed by atoms with Crippen molar-refractivity contribution in [3.05, 3.63) is 0 Å². The first-order valence-electron chi connectivity index (χ1n) is 7.72. The van der Waals surface area contributed by atoms with E-state index >= 15 is 0 Å². The lowest BCUT2D eigenvalue weighted by Gasteiger charge is -2.13. The molecule has 1 atom stereocenters. The Balaban J connectivity index is 2.08. The zero-order valence-corrected chi connectivity index (χ0v) is 12.9. The third-order valence-electron chi connectivity index (χ3n) is 3.34. The number of hydroxylamine groups is 2. The van der Waals surface area contributed by atoms with Gasteiger partial charge in [-0.15, -0.1) is 5.06 Å². The number of imide groups is 1. The molecule has 1 saturated heterocycles. The van der Waals surface area contributed by atoms with Crippen LogP contribution in [0, 0.1) is 0 Å². The average molecular weight is 299 g/mol. The van der Waals surface area contributed by atoms with Crippen LogP contribution in [-0.4, -0.2) is 35.6 Å². The zero-order valence-electron chi connectivity index (χ0n) is 12.9. The number of carbonyl (C=O) groups excluding carboxylic acids is 3. The molecule has 21 heavy (non-hydrogen) atoms. The molecule has 1 aliphatic heterocycles. The number of unbranched alkanes of at least 4 members (excludes halogenated alkanes) is 2. The van der Waals surface area contributed by atoms with Crippen LogP contribution in [0.3, 0.4) is 0 Å². The largest absolute Gasteiger partial charge is 0.379 e. The molecule has 0 aromatic rings. The van der Waals surface area contributed by atoms with E-state index in [1.807, 2.05) is 6.92 Å². The molecule has 120 valence electrons. The van der Waals surface area contributed by atoms with Crippen molar-refractivity contribution in [3.63, 3.8) is 0 Å². The van der Waals surface area contributed by atoms with E-state index in [4.69, 9.17) is 9.57 Å². The molecular weight excluding hydrogens is 274 g/mol.